The highest BCUT2D eigenvalue weighted by Crippen LogP contribution is 2.16. The molecule has 0 heterocycles. The molecule has 2 rings (SSSR count). The molecule has 0 spiro atoms. The molecule has 3 heteroatoms. The predicted octanol–water partition coefficient (Wildman–Crippen LogP) is 3.89. The van der Waals surface area contributed by atoms with Gasteiger partial charge in [0.1, 0.15) is 11.6 Å². The fourth-order valence-electron chi connectivity index (χ4n) is 1.61. The van der Waals surface area contributed by atoms with Crippen molar-refractivity contribution in [2.24, 2.45) is 0 Å². The van der Waals surface area contributed by atoms with Gasteiger partial charge in [-0.15, -0.1) is 0 Å². The van der Waals surface area contributed by atoms with E-state index in [1.807, 2.05) is 13.0 Å². The van der Waals surface area contributed by atoms with Gasteiger partial charge in [0, 0.05) is 6.54 Å². The zero-order valence-electron chi connectivity index (χ0n) is 9.50. The molecule has 0 unspecified atom stereocenters. The van der Waals surface area contributed by atoms with Crippen LogP contribution in [-0.2, 0) is 6.54 Å². The number of benzene rings is 2. The van der Waals surface area contributed by atoms with Crippen LogP contribution in [0.2, 0.25) is 0 Å². The summed E-state index contributed by atoms with van der Waals surface area (Å²) in [5, 5.41) is 2.94. The Hall–Kier alpha value is -1.90. The van der Waals surface area contributed by atoms with Crippen molar-refractivity contribution in [1.82, 2.24) is 0 Å². The summed E-state index contributed by atoms with van der Waals surface area (Å²) in [6.07, 6.45) is 0. The Labute approximate surface area is 99.1 Å². The molecular weight excluding hydrogens is 220 g/mol. The van der Waals surface area contributed by atoms with Gasteiger partial charge in [0.25, 0.3) is 0 Å². The van der Waals surface area contributed by atoms with Gasteiger partial charge in [-0.05, 0) is 42.3 Å². The van der Waals surface area contributed by atoms with E-state index >= 15 is 0 Å². The second kappa shape index (κ2) is 4.95. The maximum absolute atomic E-state index is 13.5. The van der Waals surface area contributed by atoms with E-state index in [4.69, 9.17) is 0 Å². The number of anilines is 1. The van der Waals surface area contributed by atoms with Crippen LogP contribution in [0.5, 0.6) is 0 Å². The van der Waals surface area contributed by atoms with Crippen LogP contribution in [0.1, 0.15) is 11.1 Å². The summed E-state index contributed by atoms with van der Waals surface area (Å²) in [7, 11) is 0. The molecule has 0 bridgehead atoms. The van der Waals surface area contributed by atoms with Gasteiger partial charge in [-0.2, -0.15) is 0 Å². The highest BCUT2D eigenvalue weighted by molar-refractivity contribution is 5.46. The summed E-state index contributed by atoms with van der Waals surface area (Å²) in [4.78, 5) is 0. The predicted molar refractivity (Wildman–Crippen MR) is 64.9 cm³/mol. The van der Waals surface area contributed by atoms with Crippen LogP contribution >= 0.6 is 0 Å². The topological polar surface area (TPSA) is 12.0 Å². The molecule has 17 heavy (non-hydrogen) atoms. The van der Waals surface area contributed by atoms with Crippen molar-refractivity contribution in [2.45, 2.75) is 13.5 Å². The average molecular weight is 233 g/mol. The van der Waals surface area contributed by atoms with Crippen molar-refractivity contribution in [3.63, 3.8) is 0 Å². The van der Waals surface area contributed by atoms with Gasteiger partial charge in [0.15, 0.2) is 0 Å². The van der Waals surface area contributed by atoms with E-state index in [-0.39, 0.29) is 11.6 Å². The maximum Gasteiger partial charge on any atom is 0.146 e. The third-order valence-corrected chi connectivity index (χ3v) is 2.50. The maximum atomic E-state index is 13.5. The fraction of sp³-hybridized carbons (Fsp3) is 0.143. The monoisotopic (exact) mass is 233 g/mol. The Morgan fingerprint density at radius 1 is 1.06 bits per heavy atom. The normalized spacial score (nSPS) is 10.3. The molecular formula is C14H13F2N. The Bertz CT molecular complexity index is 523. The van der Waals surface area contributed by atoms with Crippen LogP contribution in [0.3, 0.4) is 0 Å². The molecule has 88 valence electrons. The number of rotatable bonds is 3. The van der Waals surface area contributed by atoms with Crippen molar-refractivity contribution >= 4 is 5.69 Å². The van der Waals surface area contributed by atoms with Gasteiger partial charge in [-0.3, -0.25) is 0 Å². The molecule has 0 radical (unpaired) electrons. The molecule has 0 fully saturated rings. The molecule has 2 aromatic rings. The zero-order chi connectivity index (χ0) is 12.3. The van der Waals surface area contributed by atoms with Crippen LogP contribution in [0, 0.1) is 18.6 Å². The van der Waals surface area contributed by atoms with E-state index < -0.39 is 0 Å². The van der Waals surface area contributed by atoms with Gasteiger partial charge < -0.3 is 5.32 Å². The van der Waals surface area contributed by atoms with Crippen LogP contribution in [0.4, 0.5) is 14.5 Å². The minimum absolute atomic E-state index is 0.284. The molecule has 0 saturated heterocycles. The molecule has 0 atom stereocenters. The molecule has 0 aliphatic carbocycles. The van der Waals surface area contributed by atoms with Crippen molar-refractivity contribution in [3.05, 3.63) is 65.2 Å². The minimum Gasteiger partial charge on any atom is -0.379 e. The van der Waals surface area contributed by atoms with Crippen LogP contribution in [0.15, 0.2) is 42.5 Å². The van der Waals surface area contributed by atoms with Gasteiger partial charge in [0.2, 0.25) is 0 Å². The quantitative estimate of drug-likeness (QED) is 0.848. The SMILES string of the molecule is Cc1ccc(NCc2cccc(F)c2)c(F)c1. The van der Waals surface area contributed by atoms with Crippen LogP contribution in [-0.4, -0.2) is 0 Å². The van der Waals surface area contributed by atoms with E-state index in [1.54, 1.807) is 18.2 Å². The zero-order valence-corrected chi connectivity index (χ0v) is 9.50. The third-order valence-electron chi connectivity index (χ3n) is 2.50. The number of aryl methyl sites for hydroxylation is 1. The largest absolute Gasteiger partial charge is 0.379 e. The third kappa shape index (κ3) is 3.03. The Balaban J connectivity index is 2.07. The lowest BCUT2D eigenvalue weighted by molar-refractivity contribution is 0.624. The number of hydrogen-bond donors (Lipinski definition) is 1. The first-order valence-electron chi connectivity index (χ1n) is 5.39. The second-order valence-corrected chi connectivity index (χ2v) is 3.97. The summed E-state index contributed by atoms with van der Waals surface area (Å²) in [5.41, 5.74) is 2.09. The van der Waals surface area contributed by atoms with Crippen molar-refractivity contribution in [1.29, 1.82) is 0 Å². The molecule has 2 aromatic carbocycles. The summed E-state index contributed by atoms with van der Waals surface area (Å²) in [5.74, 6) is -0.574. The number of nitrogens with one attached hydrogen (secondary N) is 1. The summed E-state index contributed by atoms with van der Waals surface area (Å²) < 4.78 is 26.4. The van der Waals surface area contributed by atoms with Gasteiger partial charge in [0.05, 0.1) is 5.69 Å². The molecule has 1 N–H and O–H groups in total. The first-order valence-corrected chi connectivity index (χ1v) is 5.39. The molecule has 0 aliphatic rings. The van der Waals surface area contributed by atoms with E-state index in [2.05, 4.69) is 5.32 Å². The number of hydrogen-bond acceptors (Lipinski definition) is 1. The lowest BCUT2D eigenvalue weighted by Gasteiger charge is -2.08. The lowest BCUT2D eigenvalue weighted by Crippen LogP contribution is -2.01. The summed E-state index contributed by atoms with van der Waals surface area (Å²) in [6.45, 7) is 2.23. The first-order chi connectivity index (χ1) is 8.15. The van der Waals surface area contributed by atoms with E-state index in [0.717, 1.165) is 11.1 Å². The van der Waals surface area contributed by atoms with Crippen molar-refractivity contribution < 1.29 is 8.78 Å². The summed E-state index contributed by atoms with van der Waals surface area (Å²) in [6, 6.07) is 11.2. The highest BCUT2D eigenvalue weighted by Gasteiger charge is 2.02. The smallest absolute Gasteiger partial charge is 0.146 e. The molecule has 1 nitrogen and oxygen atoms in total. The Morgan fingerprint density at radius 3 is 2.59 bits per heavy atom. The lowest BCUT2D eigenvalue weighted by atomic mass is 10.2. The van der Waals surface area contributed by atoms with Gasteiger partial charge >= 0.3 is 0 Å². The van der Waals surface area contributed by atoms with Crippen LogP contribution < -0.4 is 5.32 Å². The highest BCUT2D eigenvalue weighted by atomic mass is 19.1. The van der Waals surface area contributed by atoms with Crippen molar-refractivity contribution in [2.75, 3.05) is 5.32 Å². The van der Waals surface area contributed by atoms with Crippen molar-refractivity contribution in [3.8, 4) is 0 Å². The van der Waals surface area contributed by atoms with Crippen LogP contribution in [0.25, 0.3) is 0 Å². The second-order valence-electron chi connectivity index (χ2n) is 3.97. The van der Waals surface area contributed by atoms with E-state index in [9.17, 15) is 8.78 Å². The van der Waals surface area contributed by atoms with E-state index in [0.29, 0.717) is 12.2 Å². The fourth-order valence-corrected chi connectivity index (χ4v) is 1.61. The molecule has 0 saturated carbocycles. The van der Waals surface area contributed by atoms with E-state index in [1.165, 1.54) is 18.2 Å². The minimum atomic E-state index is -0.290. The number of halogens is 2. The molecule has 0 amide bonds. The standard InChI is InChI=1S/C14H13F2N/c1-10-5-6-14(13(16)7-10)17-9-11-3-2-4-12(15)8-11/h2-8,17H,9H2,1H3. The van der Waals surface area contributed by atoms with Gasteiger partial charge in [-0.25, -0.2) is 8.78 Å². The van der Waals surface area contributed by atoms with Gasteiger partial charge in [-0.1, -0.05) is 18.2 Å². The first kappa shape index (κ1) is 11.6. The Kier molecular flexibility index (Phi) is 3.38. The molecule has 0 aliphatic heterocycles. The summed E-state index contributed by atoms with van der Waals surface area (Å²) >= 11 is 0. The Morgan fingerprint density at radius 2 is 1.88 bits per heavy atom. The average Bonchev–Trinajstić information content (AvgIpc) is 2.28. The molecule has 0 aromatic heterocycles.